The maximum absolute atomic E-state index is 13.1. The molecule has 2 aliphatic rings. The van der Waals surface area contributed by atoms with Crippen molar-refractivity contribution in [3.63, 3.8) is 0 Å². The number of para-hydroxylation sites is 1. The van der Waals surface area contributed by atoms with Gasteiger partial charge in [-0.1, -0.05) is 41.9 Å². The normalized spacial score (nSPS) is 21.8. The van der Waals surface area contributed by atoms with Gasteiger partial charge in [-0.05, 0) is 82.7 Å². The van der Waals surface area contributed by atoms with E-state index in [4.69, 9.17) is 21.1 Å². The SMILES string of the molecule is Cc1cccc(OC2CCC(c3nnc4n3-c3ccccc3CN(C(=O)OC(C)(C)C)C4Cl)CC2)c1. The number of amides is 1. The van der Waals surface area contributed by atoms with Crippen LogP contribution in [0.15, 0.2) is 48.5 Å². The molecule has 7 nitrogen and oxygen atoms in total. The number of alkyl halides is 1. The van der Waals surface area contributed by atoms with Gasteiger partial charge in [-0.2, -0.15) is 0 Å². The molecule has 190 valence electrons. The van der Waals surface area contributed by atoms with E-state index in [1.165, 1.54) is 10.5 Å². The molecule has 1 atom stereocenters. The summed E-state index contributed by atoms with van der Waals surface area (Å²) in [6.45, 7) is 7.95. The van der Waals surface area contributed by atoms with Gasteiger partial charge in [0.25, 0.3) is 0 Å². The fraction of sp³-hybridized carbons (Fsp3) is 0.464. The molecule has 1 unspecified atom stereocenters. The van der Waals surface area contributed by atoms with Crippen LogP contribution in [0.1, 0.15) is 80.6 Å². The zero-order chi connectivity index (χ0) is 25.4. The maximum Gasteiger partial charge on any atom is 0.412 e. The van der Waals surface area contributed by atoms with E-state index in [1.807, 2.05) is 57.2 Å². The van der Waals surface area contributed by atoms with Gasteiger partial charge in [0.1, 0.15) is 17.2 Å². The van der Waals surface area contributed by atoms with Gasteiger partial charge >= 0.3 is 6.09 Å². The summed E-state index contributed by atoms with van der Waals surface area (Å²) >= 11 is 6.89. The first-order valence-corrected chi connectivity index (χ1v) is 13.0. The summed E-state index contributed by atoms with van der Waals surface area (Å²) in [7, 11) is 0. The molecule has 2 heterocycles. The number of benzene rings is 2. The van der Waals surface area contributed by atoms with Gasteiger partial charge in [-0.3, -0.25) is 9.47 Å². The molecule has 1 aliphatic heterocycles. The van der Waals surface area contributed by atoms with Crippen LogP contribution in [0.25, 0.3) is 5.69 Å². The number of aromatic nitrogens is 3. The van der Waals surface area contributed by atoms with Crippen molar-refractivity contribution >= 4 is 17.7 Å². The van der Waals surface area contributed by atoms with Crippen LogP contribution in [0.4, 0.5) is 4.79 Å². The quantitative estimate of drug-likeness (QED) is 0.292. The van der Waals surface area contributed by atoms with Crippen molar-refractivity contribution in [2.24, 2.45) is 0 Å². The molecular weight excluding hydrogens is 476 g/mol. The van der Waals surface area contributed by atoms with E-state index in [0.29, 0.717) is 12.4 Å². The predicted octanol–water partition coefficient (Wildman–Crippen LogP) is 6.67. The van der Waals surface area contributed by atoms with Crippen molar-refractivity contribution in [1.29, 1.82) is 0 Å². The lowest BCUT2D eigenvalue weighted by atomic mass is 9.86. The number of hydrogen-bond acceptors (Lipinski definition) is 5. The third-order valence-corrected chi connectivity index (χ3v) is 7.16. The molecule has 1 fully saturated rings. The Morgan fingerprint density at radius 1 is 1.00 bits per heavy atom. The van der Waals surface area contributed by atoms with E-state index in [1.54, 1.807) is 0 Å². The molecule has 36 heavy (non-hydrogen) atoms. The fourth-order valence-corrected chi connectivity index (χ4v) is 5.33. The van der Waals surface area contributed by atoms with Crippen LogP contribution in [-0.2, 0) is 11.3 Å². The summed E-state index contributed by atoms with van der Waals surface area (Å²) < 4.78 is 14.0. The van der Waals surface area contributed by atoms with Crippen molar-refractivity contribution in [2.45, 2.75) is 83.0 Å². The van der Waals surface area contributed by atoms with Gasteiger partial charge in [0.15, 0.2) is 11.3 Å². The van der Waals surface area contributed by atoms with Crippen molar-refractivity contribution < 1.29 is 14.3 Å². The Hall–Kier alpha value is -3.06. The van der Waals surface area contributed by atoms with Crippen LogP contribution < -0.4 is 4.74 Å². The minimum atomic E-state index is -0.797. The Morgan fingerprint density at radius 3 is 2.44 bits per heavy atom. The van der Waals surface area contributed by atoms with Crippen molar-refractivity contribution in [1.82, 2.24) is 19.7 Å². The van der Waals surface area contributed by atoms with Crippen LogP contribution in [0.2, 0.25) is 0 Å². The Labute approximate surface area is 217 Å². The standard InChI is InChI=1S/C28H33ClN4O3/c1-18-8-7-10-22(16-18)35-21-14-12-19(13-15-21)25-30-31-26-24(29)32(27(34)36-28(2,3)4)17-20-9-5-6-11-23(20)33(25)26/h5-11,16,19,21,24H,12-15,17H2,1-4H3. The van der Waals surface area contributed by atoms with Crippen LogP contribution >= 0.6 is 11.6 Å². The van der Waals surface area contributed by atoms with Gasteiger partial charge in [0.2, 0.25) is 0 Å². The molecule has 0 spiro atoms. The molecule has 1 amide bonds. The number of rotatable bonds is 3. The molecule has 0 N–H and O–H groups in total. The highest BCUT2D eigenvalue weighted by atomic mass is 35.5. The summed E-state index contributed by atoms with van der Waals surface area (Å²) in [5.74, 6) is 2.59. The van der Waals surface area contributed by atoms with Gasteiger partial charge in [-0.25, -0.2) is 4.79 Å². The molecule has 1 aliphatic carbocycles. The highest BCUT2D eigenvalue weighted by Gasteiger charge is 2.37. The highest BCUT2D eigenvalue weighted by molar-refractivity contribution is 6.21. The van der Waals surface area contributed by atoms with Crippen LogP contribution in [-0.4, -0.2) is 37.5 Å². The van der Waals surface area contributed by atoms with Crippen molar-refractivity contribution in [3.05, 3.63) is 71.3 Å². The average Bonchev–Trinajstić information content (AvgIpc) is 3.22. The number of nitrogens with zero attached hydrogens (tertiary/aromatic N) is 4. The smallest absolute Gasteiger partial charge is 0.412 e. The molecule has 8 heteroatoms. The van der Waals surface area contributed by atoms with Gasteiger partial charge in [0, 0.05) is 5.92 Å². The highest BCUT2D eigenvalue weighted by Crippen LogP contribution is 2.40. The first-order chi connectivity index (χ1) is 17.2. The van der Waals surface area contributed by atoms with Gasteiger partial charge in [0.05, 0.1) is 18.3 Å². The second-order valence-corrected chi connectivity index (χ2v) is 11.1. The second kappa shape index (κ2) is 9.77. The van der Waals surface area contributed by atoms with E-state index in [2.05, 4.69) is 33.8 Å². The zero-order valence-electron chi connectivity index (χ0n) is 21.3. The number of hydrogen-bond donors (Lipinski definition) is 0. The topological polar surface area (TPSA) is 69.5 Å². The Bertz CT molecular complexity index is 1240. The third kappa shape index (κ3) is 5.07. The zero-order valence-corrected chi connectivity index (χ0v) is 22.0. The third-order valence-electron chi connectivity index (χ3n) is 6.73. The van der Waals surface area contributed by atoms with E-state index in [9.17, 15) is 4.79 Å². The van der Waals surface area contributed by atoms with Gasteiger partial charge < -0.3 is 9.47 Å². The van der Waals surface area contributed by atoms with Crippen molar-refractivity contribution in [2.75, 3.05) is 0 Å². The Kier molecular flexibility index (Phi) is 6.68. The lowest BCUT2D eigenvalue weighted by Crippen LogP contribution is -2.37. The van der Waals surface area contributed by atoms with Crippen molar-refractivity contribution in [3.8, 4) is 11.4 Å². The summed E-state index contributed by atoms with van der Waals surface area (Å²) in [4.78, 5) is 14.6. The predicted molar refractivity (Wildman–Crippen MR) is 139 cm³/mol. The summed E-state index contributed by atoms with van der Waals surface area (Å²) in [6, 6.07) is 16.2. The molecule has 5 rings (SSSR count). The number of fused-ring (bicyclic) bond motifs is 3. The molecular formula is C28H33ClN4O3. The molecule has 0 bridgehead atoms. The number of aryl methyl sites for hydroxylation is 1. The first kappa shape index (κ1) is 24.6. The maximum atomic E-state index is 13.1. The monoisotopic (exact) mass is 508 g/mol. The van der Waals surface area contributed by atoms with E-state index >= 15 is 0 Å². The Balaban J connectivity index is 1.40. The summed E-state index contributed by atoms with van der Waals surface area (Å²) in [5, 5.41) is 9.11. The lowest BCUT2D eigenvalue weighted by Gasteiger charge is -2.29. The van der Waals surface area contributed by atoms with E-state index < -0.39 is 17.2 Å². The number of carbonyl (C=O) groups is 1. The minimum absolute atomic E-state index is 0.185. The number of ether oxygens (including phenoxy) is 2. The number of carbonyl (C=O) groups excluding carboxylic acids is 1. The van der Waals surface area contributed by atoms with Crippen LogP contribution in [0.3, 0.4) is 0 Å². The van der Waals surface area contributed by atoms with E-state index in [-0.39, 0.29) is 12.0 Å². The molecule has 0 saturated heterocycles. The van der Waals surface area contributed by atoms with Crippen LogP contribution in [0, 0.1) is 6.92 Å². The Morgan fingerprint density at radius 2 is 1.72 bits per heavy atom. The van der Waals surface area contributed by atoms with Gasteiger partial charge in [-0.15, -0.1) is 10.2 Å². The first-order valence-electron chi connectivity index (χ1n) is 12.6. The molecule has 2 aromatic carbocycles. The largest absolute Gasteiger partial charge is 0.490 e. The minimum Gasteiger partial charge on any atom is -0.490 e. The van der Waals surface area contributed by atoms with Crippen LogP contribution in [0.5, 0.6) is 5.75 Å². The second-order valence-electron chi connectivity index (χ2n) is 10.7. The van der Waals surface area contributed by atoms with E-state index in [0.717, 1.165) is 48.5 Å². The molecule has 1 aromatic heterocycles. The number of halogens is 1. The lowest BCUT2D eigenvalue weighted by molar-refractivity contribution is 0.0201. The average molecular weight is 509 g/mol. The molecule has 1 saturated carbocycles. The summed E-state index contributed by atoms with van der Waals surface area (Å²) in [6.07, 6.45) is 3.49. The molecule has 3 aromatic rings. The summed E-state index contributed by atoms with van der Waals surface area (Å²) in [5.41, 5.74) is 1.71. The fourth-order valence-electron chi connectivity index (χ4n) is 5.04. The molecule has 0 radical (unpaired) electrons.